The van der Waals surface area contributed by atoms with E-state index in [0.717, 1.165) is 25.8 Å². The van der Waals surface area contributed by atoms with Crippen molar-refractivity contribution in [3.05, 3.63) is 17.9 Å². The molecule has 1 aromatic heterocycles. The minimum Gasteiger partial charge on any atom is -0.447 e. The van der Waals surface area contributed by atoms with Crippen molar-refractivity contribution in [2.24, 2.45) is 5.41 Å². The van der Waals surface area contributed by atoms with E-state index < -0.39 is 10.0 Å². The Labute approximate surface area is 127 Å². The fraction of sp³-hybridized carbons (Fsp3) is 0.733. The van der Waals surface area contributed by atoms with Gasteiger partial charge in [-0.1, -0.05) is 33.6 Å². The molecule has 0 spiro atoms. The molecule has 0 radical (unpaired) electrons. The number of rotatable bonds is 6. The monoisotopic (exact) mass is 314 g/mol. The largest absolute Gasteiger partial charge is 0.447 e. The maximum Gasteiger partial charge on any atom is 0.274 e. The van der Waals surface area contributed by atoms with E-state index in [1.807, 2.05) is 6.92 Å². The summed E-state index contributed by atoms with van der Waals surface area (Å²) < 4.78 is 33.2. The van der Waals surface area contributed by atoms with Crippen molar-refractivity contribution in [3.8, 4) is 0 Å². The Bertz CT molecular complexity index is 563. The molecule has 0 aromatic carbocycles. The standard InChI is InChI=1S/C15H26N2O3S/c1-4-16-11-12-8-9-14(20-12)21(18,19)17-13-7-5-6-10-15(13,2)3/h8-9,13,16-17H,4-7,10-11H2,1-3H3. The van der Waals surface area contributed by atoms with E-state index in [2.05, 4.69) is 23.9 Å². The number of hydrogen-bond acceptors (Lipinski definition) is 4. The Kier molecular flexibility index (Phi) is 5.11. The Hall–Kier alpha value is -0.850. The topological polar surface area (TPSA) is 71.3 Å². The van der Waals surface area contributed by atoms with Crippen LogP contribution in [-0.2, 0) is 16.6 Å². The molecule has 1 aromatic rings. The van der Waals surface area contributed by atoms with Crippen molar-refractivity contribution in [2.75, 3.05) is 6.54 Å². The van der Waals surface area contributed by atoms with Gasteiger partial charge in [0.25, 0.3) is 10.0 Å². The van der Waals surface area contributed by atoms with Crippen LogP contribution in [0.2, 0.25) is 0 Å². The van der Waals surface area contributed by atoms with Gasteiger partial charge in [-0.3, -0.25) is 0 Å². The summed E-state index contributed by atoms with van der Waals surface area (Å²) in [7, 11) is -3.58. The molecule has 0 saturated heterocycles. The summed E-state index contributed by atoms with van der Waals surface area (Å²) >= 11 is 0. The van der Waals surface area contributed by atoms with Crippen molar-refractivity contribution in [3.63, 3.8) is 0 Å². The zero-order valence-electron chi connectivity index (χ0n) is 13.1. The third kappa shape index (κ3) is 4.08. The summed E-state index contributed by atoms with van der Waals surface area (Å²) in [6, 6.07) is 3.22. The molecular formula is C15H26N2O3S. The third-order valence-electron chi connectivity index (χ3n) is 4.26. The number of hydrogen-bond donors (Lipinski definition) is 2. The van der Waals surface area contributed by atoms with Gasteiger partial charge in [0.2, 0.25) is 5.09 Å². The van der Waals surface area contributed by atoms with Crippen molar-refractivity contribution in [1.29, 1.82) is 0 Å². The molecule has 1 saturated carbocycles. The fourth-order valence-electron chi connectivity index (χ4n) is 2.80. The third-order valence-corrected chi connectivity index (χ3v) is 5.60. The molecule has 1 unspecified atom stereocenters. The van der Waals surface area contributed by atoms with Gasteiger partial charge >= 0.3 is 0 Å². The van der Waals surface area contributed by atoms with Crippen molar-refractivity contribution >= 4 is 10.0 Å². The molecule has 0 amide bonds. The first-order valence-electron chi connectivity index (χ1n) is 7.67. The van der Waals surface area contributed by atoms with Crippen LogP contribution in [0.3, 0.4) is 0 Å². The lowest BCUT2D eigenvalue weighted by atomic mass is 9.74. The molecule has 6 heteroatoms. The molecule has 2 rings (SSSR count). The summed E-state index contributed by atoms with van der Waals surface area (Å²) in [6.45, 7) is 7.60. The van der Waals surface area contributed by atoms with Gasteiger partial charge in [0.05, 0.1) is 6.54 Å². The summed E-state index contributed by atoms with van der Waals surface area (Å²) in [5, 5.41) is 3.13. The molecule has 2 N–H and O–H groups in total. The van der Waals surface area contributed by atoms with Crippen LogP contribution in [0.5, 0.6) is 0 Å². The van der Waals surface area contributed by atoms with Gasteiger partial charge < -0.3 is 9.73 Å². The Morgan fingerprint density at radius 1 is 1.33 bits per heavy atom. The maximum atomic E-state index is 12.5. The minimum absolute atomic E-state index is 0.00942. The zero-order chi connectivity index (χ0) is 15.5. The van der Waals surface area contributed by atoms with Gasteiger partial charge in [-0.05, 0) is 36.9 Å². The first-order valence-corrected chi connectivity index (χ1v) is 9.15. The highest BCUT2D eigenvalue weighted by atomic mass is 32.2. The Morgan fingerprint density at radius 2 is 2.10 bits per heavy atom. The smallest absolute Gasteiger partial charge is 0.274 e. The molecule has 0 aliphatic heterocycles. The predicted octanol–water partition coefficient (Wildman–Crippen LogP) is 2.64. The number of nitrogens with one attached hydrogen (secondary N) is 2. The van der Waals surface area contributed by atoms with Gasteiger partial charge in [-0.15, -0.1) is 0 Å². The van der Waals surface area contributed by atoms with Crippen molar-refractivity contribution in [1.82, 2.24) is 10.0 Å². The summed E-state index contributed by atoms with van der Waals surface area (Å²) in [6.07, 6.45) is 4.17. The van der Waals surface area contributed by atoms with Crippen LogP contribution in [0.15, 0.2) is 21.6 Å². The van der Waals surface area contributed by atoms with E-state index in [0.29, 0.717) is 12.3 Å². The molecular weight excluding hydrogens is 288 g/mol. The van der Waals surface area contributed by atoms with E-state index in [1.54, 1.807) is 6.07 Å². The van der Waals surface area contributed by atoms with Gasteiger partial charge in [0.1, 0.15) is 5.76 Å². The zero-order valence-corrected chi connectivity index (χ0v) is 13.9. The maximum absolute atomic E-state index is 12.5. The Morgan fingerprint density at radius 3 is 2.76 bits per heavy atom. The van der Waals surface area contributed by atoms with Crippen LogP contribution in [0.1, 0.15) is 52.2 Å². The molecule has 1 aliphatic rings. The molecule has 1 aliphatic carbocycles. The van der Waals surface area contributed by atoms with Crippen LogP contribution in [0.4, 0.5) is 0 Å². The molecule has 5 nitrogen and oxygen atoms in total. The van der Waals surface area contributed by atoms with E-state index >= 15 is 0 Å². The molecule has 120 valence electrons. The van der Waals surface area contributed by atoms with Crippen LogP contribution in [-0.4, -0.2) is 21.0 Å². The number of sulfonamides is 1. The van der Waals surface area contributed by atoms with Crippen LogP contribution < -0.4 is 10.0 Å². The second-order valence-corrected chi connectivity index (χ2v) is 8.05. The molecule has 21 heavy (non-hydrogen) atoms. The molecule has 1 atom stereocenters. The highest BCUT2D eigenvalue weighted by Gasteiger charge is 2.36. The van der Waals surface area contributed by atoms with E-state index in [1.165, 1.54) is 12.5 Å². The molecule has 1 fully saturated rings. The second-order valence-electron chi connectivity index (χ2n) is 6.41. The average Bonchev–Trinajstić information content (AvgIpc) is 2.88. The second kappa shape index (κ2) is 6.50. The van der Waals surface area contributed by atoms with Crippen LogP contribution in [0, 0.1) is 5.41 Å². The van der Waals surface area contributed by atoms with Gasteiger partial charge in [0, 0.05) is 6.04 Å². The lowest BCUT2D eigenvalue weighted by Crippen LogP contribution is -2.46. The van der Waals surface area contributed by atoms with Crippen LogP contribution >= 0.6 is 0 Å². The fourth-order valence-corrected chi connectivity index (χ4v) is 4.20. The quantitative estimate of drug-likeness (QED) is 0.847. The molecule has 1 heterocycles. The number of furan rings is 1. The normalized spacial score (nSPS) is 22.3. The van der Waals surface area contributed by atoms with E-state index in [9.17, 15) is 8.42 Å². The van der Waals surface area contributed by atoms with E-state index in [-0.39, 0.29) is 16.5 Å². The first-order chi connectivity index (χ1) is 9.85. The lowest BCUT2D eigenvalue weighted by Gasteiger charge is -2.38. The SMILES string of the molecule is CCNCc1ccc(S(=O)(=O)NC2CCCCC2(C)C)o1. The first kappa shape index (κ1) is 16.5. The summed E-state index contributed by atoms with van der Waals surface area (Å²) in [5.41, 5.74) is -0.00942. The van der Waals surface area contributed by atoms with E-state index in [4.69, 9.17) is 4.42 Å². The van der Waals surface area contributed by atoms with Gasteiger partial charge in [0.15, 0.2) is 0 Å². The molecule has 0 bridgehead atoms. The highest BCUT2D eigenvalue weighted by Crippen LogP contribution is 2.36. The van der Waals surface area contributed by atoms with Crippen molar-refractivity contribution in [2.45, 2.75) is 64.1 Å². The summed E-state index contributed by atoms with van der Waals surface area (Å²) in [4.78, 5) is 0. The Balaban J connectivity index is 2.09. The highest BCUT2D eigenvalue weighted by molar-refractivity contribution is 7.89. The van der Waals surface area contributed by atoms with Gasteiger partial charge in [-0.25, -0.2) is 13.1 Å². The van der Waals surface area contributed by atoms with Crippen LogP contribution in [0.25, 0.3) is 0 Å². The summed E-state index contributed by atoms with van der Waals surface area (Å²) in [5.74, 6) is 0.639. The lowest BCUT2D eigenvalue weighted by molar-refractivity contribution is 0.187. The predicted molar refractivity (Wildman–Crippen MR) is 82.4 cm³/mol. The van der Waals surface area contributed by atoms with Crippen molar-refractivity contribution < 1.29 is 12.8 Å². The average molecular weight is 314 g/mol. The van der Waals surface area contributed by atoms with Gasteiger partial charge in [-0.2, -0.15) is 0 Å². The minimum atomic E-state index is -3.58.